The van der Waals surface area contributed by atoms with Crippen LogP contribution >= 0.6 is 11.6 Å². The Balaban J connectivity index is 2.59. The smallest absolute Gasteiger partial charge is 0.238 e. The Morgan fingerprint density at radius 3 is 2.81 bits per heavy atom. The predicted molar refractivity (Wildman–Crippen MR) is 83.2 cm³/mol. The lowest BCUT2D eigenvalue weighted by Gasteiger charge is -2.20. The second kappa shape index (κ2) is 9.35. The molecule has 0 saturated carbocycles. The van der Waals surface area contributed by atoms with E-state index in [-0.39, 0.29) is 19.1 Å². The molecule has 1 aromatic rings. The van der Waals surface area contributed by atoms with E-state index in [9.17, 15) is 4.79 Å². The van der Waals surface area contributed by atoms with Gasteiger partial charge in [0, 0.05) is 12.2 Å². The van der Waals surface area contributed by atoms with E-state index >= 15 is 0 Å². The summed E-state index contributed by atoms with van der Waals surface area (Å²) in [7, 11) is 0. The topological polar surface area (TPSA) is 76.4 Å². The first-order chi connectivity index (χ1) is 10.1. The van der Waals surface area contributed by atoms with Crippen molar-refractivity contribution in [2.75, 3.05) is 31.6 Å². The molecule has 2 N–H and O–H groups in total. The van der Waals surface area contributed by atoms with Gasteiger partial charge >= 0.3 is 0 Å². The molecule has 0 unspecified atom stereocenters. The minimum Gasteiger partial charge on any atom is -0.395 e. The van der Waals surface area contributed by atoms with Crippen molar-refractivity contribution < 1.29 is 9.90 Å². The minimum absolute atomic E-state index is 0.0275. The lowest BCUT2D eigenvalue weighted by atomic mass is 10.2. The second-order valence-electron chi connectivity index (χ2n) is 4.71. The van der Waals surface area contributed by atoms with Gasteiger partial charge in [-0.3, -0.25) is 9.69 Å². The van der Waals surface area contributed by atoms with Crippen molar-refractivity contribution in [2.24, 2.45) is 0 Å². The zero-order valence-electron chi connectivity index (χ0n) is 12.1. The molecule has 0 heterocycles. The van der Waals surface area contributed by atoms with Gasteiger partial charge in [0.2, 0.25) is 5.91 Å². The largest absolute Gasteiger partial charge is 0.395 e. The van der Waals surface area contributed by atoms with Crippen LogP contribution in [0.1, 0.15) is 25.3 Å². The first-order valence-electron chi connectivity index (χ1n) is 6.93. The highest BCUT2D eigenvalue weighted by Crippen LogP contribution is 2.20. The molecule has 1 aromatic carbocycles. The maximum absolute atomic E-state index is 12.0. The molecule has 0 aliphatic heterocycles. The first-order valence-corrected chi connectivity index (χ1v) is 7.31. The fourth-order valence-corrected chi connectivity index (χ4v) is 2.10. The summed E-state index contributed by atoms with van der Waals surface area (Å²) in [6, 6.07) is 6.74. The third-order valence-electron chi connectivity index (χ3n) is 2.98. The molecule has 1 rings (SSSR count). The minimum atomic E-state index is -0.166. The summed E-state index contributed by atoms with van der Waals surface area (Å²) in [5.74, 6) is -0.166. The van der Waals surface area contributed by atoms with E-state index in [1.165, 1.54) is 0 Å². The maximum Gasteiger partial charge on any atom is 0.238 e. The maximum atomic E-state index is 12.0. The van der Waals surface area contributed by atoms with Gasteiger partial charge in [-0.05, 0) is 31.2 Å². The van der Waals surface area contributed by atoms with E-state index in [2.05, 4.69) is 12.2 Å². The lowest BCUT2D eigenvalue weighted by molar-refractivity contribution is -0.117. The van der Waals surface area contributed by atoms with Gasteiger partial charge in [0.1, 0.15) is 6.07 Å². The van der Waals surface area contributed by atoms with E-state index < -0.39 is 0 Å². The van der Waals surface area contributed by atoms with Crippen LogP contribution in [0.4, 0.5) is 5.69 Å². The summed E-state index contributed by atoms with van der Waals surface area (Å²) >= 11 is 5.92. The highest BCUT2D eigenvalue weighted by atomic mass is 35.5. The number of carbonyl (C=O) groups is 1. The monoisotopic (exact) mass is 309 g/mol. The zero-order chi connectivity index (χ0) is 15.7. The molecule has 5 nitrogen and oxygen atoms in total. The molecule has 6 heteroatoms. The molecule has 0 aliphatic rings. The Morgan fingerprint density at radius 1 is 1.48 bits per heavy atom. The van der Waals surface area contributed by atoms with Gasteiger partial charge < -0.3 is 10.4 Å². The number of nitrogens with zero attached hydrogens (tertiary/aromatic N) is 2. The van der Waals surface area contributed by atoms with Crippen LogP contribution in [0.5, 0.6) is 0 Å². The third-order valence-corrected chi connectivity index (χ3v) is 3.30. The number of carbonyl (C=O) groups excluding carboxylic acids is 1. The number of hydrogen-bond acceptors (Lipinski definition) is 4. The van der Waals surface area contributed by atoms with Crippen molar-refractivity contribution in [3.05, 3.63) is 28.8 Å². The van der Waals surface area contributed by atoms with E-state index in [1.807, 2.05) is 11.0 Å². The van der Waals surface area contributed by atoms with Crippen molar-refractivity contribution in [3.8, 4) is 6.07 Å². The number of aliphatic hydroxyl groups is 1. The Bertz CT molecular complexity index is 514. The Labute approximate surface area is 130 Å². The molecule has 0 aliphatic carbocycles. The fourth-order valence-electron chi connectivity index (χ4n) is 1.88. The van der Waals surface area contributed by atoms with Gasteiger partial charge in [0.05, 0.1) is 23.7 Å². The molecule has 0 atom stereocenters. The van der Waals surface area contributed by atoms with Crippen molar-refractivity contribution >= 4 is 23.2 Å². The number of amides is 1. The number of benzene rings is 1. The molecular weight excluding hydrogens is 290 g/mol. The Hall–Kier alpha value is -1.61. The van der Waals surface area contributed by atoms with Crippen LogP contribution in [0.25, 0.3) is 0 Å². The van der Waals surface area contributed by atoms with Gasteiger partial charge in [-0.1, -0.05) is 24.9 Å². The highest BCUT2D eigenvalue weighted by Gasteiger charge is 2.11. The molecular formula is C15H20ClN3O2. The highest BCUT2D eigenvalue weighted by molar-refractivity contribution is 6.32. The lowest BCUT2D eigenvalue weighted by Crippen LogP contribution is -2.35. The van der Waals surface area contributed by atoms with Crippen LogP contribution in [-0.4, -0.2) is 42.2 Å². The number of rotatable bonds is 8. The van der Waals surface area contributed by atoms with E-state index in [0.717, 1.165) is 19.4 Å². The molecule has 0 spiro atoms. The third kappa shape index (κ3) is 6.13. The zero-order valence-corrected chi connectivity index (χ0v) is 12.9. The summed E-state index contributed by atoms with van der Waals surface area (Å²) in [5.41, 5.74) is 0.933. The van der Waals surface area contributed by atoms with Crippen LogP contribution in [0.15, 0.2) is 18.2 Å². The number of halogens is 1. The number of nitrogens with one attached hydrogen (secondary N) is 1. The van der Waals surface area contributed by atoms with Gasteiger partial charge in [-0.25, -0.2) is 0 Å². The summed E-state index contributed by atoms with van der Waals surface area (Å²) in [4.78, 5) is 13.9. The van der Waals surface area contributed by atoms with E-state index in [4.69, 9.17) is 22.0 Å². The number of anilines is 1. The second-order valence-corrected chi connectivity index (χ2v) is 5.12. The van der Waals surface area contributed by atoms with Crippen LogP contribution in [0.3, 0.4) is 0 Å². The van der Waals surface area contributed by atoms with E-state index in [0.29, 0.717) is 22.8 Å². The van der Waals surface area contributed by atoms with Gasteiger partial charge in [-0.15, -0.1) is 0 Å². The van der Waals surface area contributed by atoms with Gasteiger partial charge in [0.15, 0.2) is 0 Å². The molecule has 114 valence electrons. The van der Waals surface area contributed by atoms with Gasteiger partial charge in [0.25, 0.3) is 0 Å². The first kappa shape index (κ1) is 17.4. The average Bonchev–Trinajstić information content (AvgIpc) is 2.45. The van der Waals surface area contributed by atoms with Gasteiger partial charge in [-0.2, -0.15) is 5.26 Å². The fraction of sp³-hybridized carbons (Fsp3) is 0.467. The average molecular weight is 310 g/mol. The predicted octanol–water partition coefficient (Wildman–Crippen LogP) is 2.24. The van der Waals surface area contributed by atoms with Crippen LogP contribution in [0, 0.1) is 11.3 Å². The van der Waals surface area contributed by atoms with E-state index in [1.54, 1.807) is 18.2 Å². The molecule has 0 saturated heterocycles. The SMILES string of the molecule is CCCCN(CCO)CC(=O)Nc1ccc(C#N)c(Cl)c1. The quantitative estimate of drug-likeness (QED) is 0.772. The molecule has 0 fully saturated rings. The number of hydrogen-bond donors (Lipinski definition) is 2. The van der Waals surface area contributed by atoms with Crippen molar-refractivity contribution in [1.29, 1.82) is 5.26 Å². The molecule has 21 heavy (non-hydrogen) atoms. The standard InChI is InChI=1S/C15H20ClN3O2/c1-2-3-6-19(7-8-20)11-15(21)18-13-5-4-12(10-17)14(16)9-13/h4-5,9,20H,2-3,6-8,11H2,1H3,(H,18,21). The summed E-state index contributed by atoms with van der Waals surface area (Å²) in [5, 5.41) is 20.9. The number of unbranched alkanes of at least 4 members (excludes halogenated alkanes) is 1. The summed E-state index contributed by atoms with van der Waals surface area (Å²) in [6.07, 6.45) is 2.02. The van der Waals surface area contributed by atoms with Crippen molar-refractivity contribution in [3.63, 3.8) is 0 Å². The van der Waals surface area contributed by atoms with Crippen LogP contribution in [0.2, 0.25) is 5.02 Å². The molecule has 0 bridgehead atoms. The molecule has 1 amide bonds. The Kier molecular flexibility index (Phi) is 7.76. The number of nitriles is 1. The van der Waals surface area contributed by atoms with Crippen LogP contribution < -0.4 is 5.32 Å². The summed E-state index contributed by atoms with van der Waals surface area (Å²) in [6.45, 7) is 3.58. The normalized spacial score (nSPS) is 10.4. The van der Waals surface area contributed by atoms with Crippen molar-refractivity contribution in [1.82, 2.24) is 4.90 Å². The number of aliphatic hydroxyl groups excluding tert-OH is 1. The molecule has 0 radical (unpaired) electrons. The van der Waals surface area contributed by atoms with Crippen LogP contribution in [-0.2, 0) is 4.79 Å². The van der Waals surface area contributed by atoms with Crippen molar-refractivity contribution in [2.45, 2.75) is 19.8 Å². The summed E-state index contributed by atoms with van der Waals surface area (Å²) < 4.78 is 0. The molecule has 0 aromatic heterocycles. The Morgan fingerprint density at radius 2 is 2.24 bits per heavy atom.